The molecule has 0 aromatic heterocycles. The fraction of sp³-hybridized carbons (Fsp3) is 0.455. The maximum atomic E-state index is 13.1. The fourth-order valence-electron chi connectivity index (χ4n) is 3.60. The van der Waals surface area contributed by atoms with E-state index in [0.29, 0.717) is 32.6 Å². The molecule has 2 aromatic carbocycles. The van der Waals surface area contributed by atoms with Gasteiger partial charge in [-0.05, 0) is 68.7 Å². The minimum atomic E-state index is -3.68. The monoisotopic (exact) mass is 465 g/mol. The number of rotatable bonds is 7. The Hall–Kier alpha value is -1.94. The van der Waals surface area contributed by atoms with Crippen LogP contribution in [0.3, 0.4) is 0 Å². The molecular weight excluding hydrogens is 434 g/mol. The highest BCUT2D eigenvalue weighted by molar-refractivity contribution is 7.89. The molecule has 31 heavy (non-hydrogen) atoms. The van der Waals surface area contributed by atoms with Crippen molar-refractivity contribution in [3.05, 3.63) is 53.6 Å². The average molecular weight is 466 g/mol. The van der Waals surface area contributed by atoms with Crippen LogP contribution in [0.5, 0.6) is 0 Å². The first-order chi connectivity index (χ1) is 14.6. The molecule has 0 bridgehead atoms. The van der Waals surface area contributed by atoms with Crippen molar-refractivity contribution in [3.63, 3.8) is 0 Å². The highest BCUT2D eigenvalue weighted by Gasteiger charge is 2.29. The highest BCUT2D eigenvalue weighted by Crippen LogP contribution is 2.26. The van der Waals surface area contributed by atoms with Crippen LogP contribution < -0.4 is 9.62 Å². The fourth-order valence-corrected chi connectivity index (χ4v) is 6.35. The van der Waals surface area contributed by atoms with Crippen molar-refractivity contribution >= 4 is 25.7 Å². The SMILES string of the molecule is CC[C@H](C)NS(=O)(=O)c1ccc(S(=O)(=O)N2CCN(c3cccc(C)c3C)CC2)cc1. The lowest BCUT2D eigenvalue weighted by atomic mass is 10.1. The molecule has 0 saturated carbocycles. The molecule has 0 amide bonds. The van der Waals surface area contributed by atoms with Crippen LogP contribution >= 0.6 is 0 Å². The van der Waals surface area contributed by atoms with Crippen LogP contribution in [0.15, 0.2) is 52.3 Å². The lowest BCUT2D eigenvalue weighted by molar-refractivity contribution is 0.384. The molecule has 170 valence electrons. The molecule has 1 fully saturated rings. The Balaban J connectivity index is 1.72. The topological polar surface area (TPSA) is 86.8 Å². The molecular formula is C22H31N3O4S2. The number of nitrogens with one attached hydrogen (secondary N) is 1. The molecule has 1 N–H and O–H groups in total. The summed E-state index contributed by atoms with van der Waals surface area (Å²) in [7, 11) is -7.35. The number of sulfonamides is 2. The third-order valence-electron chi connectivity index (χ3n) is 5.90. The predicted molar refractivity (Wildman–Crippen MR) is 123 cm³/mol. The van der Waals surface area contributed by atoms with Crippen LogP contribution in [0.1, 0.15) is 31.4 Å². The summed E-state index contributed by atoms with van der Waals surface area (Å²) >= 11 is 0. The lowest BCUT2D eigenvalue weighted by Gasteiger charge is -2.36. The molecule has 0 aliphatic carbocycles. The molecule has 9 heteroatoms. The van der Waals surface area contributed by atoms with Crippen molar-refractivity contribution in [2.24, 2.45) is 0 Å². The maximum Gasteiger partial charge on any atom is 0.243 e. The summed E-state index contributed by atoms with van der Waals surface area (Å²) in [6.45, 7) is 9.80. The van der Waals surface area contributed by atoms with Crippen LogP contribution in [-0.4, -0.2) is 53.4 Å². The van der Waals surface area contributed by atoms with E-state index in [4.69, 9.17) is 0 Å². The highest BCUT2D eigenvalue weighted by atomic mass is 32.2. The molecule has 3 rings (SSSR count). The second-order valence-electron chi connectivity index (χ2n) is 8.01. The van der Waals surface area contributed by atoms with Gasteiger partial charge in [-0.25, -0.2) is 21.6 Å². The van der Waals surface area contributed by atoms with Crippen molar-refractivity contribution in [3.8, 4) is 0 Å². The summed E-state index contributed by atoms with van der Waals surface area (Å²) in [6, 6.07) is 11.4. The number of anilines is 1. The lowest BCUT2D eigenvalue weighted by Crippen LogP contribution is -2.48. The van der Waals surface area contributed by atoms with E-state index in [0.717, 1.165) is 5.69 Å². The number of benzene rings is 2. The van der Waals surface area contributed by atoms with Gasteiger partial charge in [-0.1, -0.05) is 19.1 Å². The van der Waals surface area contributed by atoms with E-state index < -0.39 is 20.0 Å². The Labute approximate surface area is 186 Å². The standard InChI is InChI=1S/C22H31N3O4S2/c1-5-18(3)23-30(26,27)20-9-11-21(12-10-20)31(28,29)25-15-13-24(14-16-25)22-8-6-7-17(2)19(22)4/h6-12,18,23H,5,13-16H2,1-4H3/t18-/m0/s1. The zero-order valence-electron chi connectivity index (χ0n) is 18.5. The molecule has 1 aliphatic rings. The minimum Gasteiger partial charge on any atom is -0.369 e. The largest absolute Gasteiger partial charge is 0.369 e. The first-order valence-corrected chi connectivity index (χ1v) is 13.4. The summed E-state index contributed by atoms with van der Waals surface area (Å²) in [5.41, 5.74) is 3.56. The van der Waals surface area contributed by atoms with Crippen LogP contribution in [0.4, 0.5) is 5.69 Å². The van der Waals surface area contributed by atoms with E-state index >= 15 is 0 Å². The Morgan fingerprint density at radius 1 is 0.903 bits per heavy atom. The molecule has 1 saturated heterocycles. The van der Waals surface area contributed by atoms with Gasteiger partial charge in [0.25, 0.3) is 0 Å². The van der Waals surface area contributed by atoms with Crippen LogP contribution in [-0.2, 0) is 20.0 Å². The van der Waals surface area contributed by atoms with Crippen molar-refractivity contribution in [2.75, 3.05) is 31.1 Å². The molecule has 0 spiro atoms. The molecule has 2 aromatic rings. The minimum absolute atomic E-state index is 0.0616. The molecule has 7 nitrogen and oxygen atoms in total. The zero-order chi connectivity index (χ0) is 22.8. The van der Waals surface area contributed by atoms with Gasteiger partial charge < -0.3 is 4.90 Å². The van der Waals surface area contributed by atoms with Gasteiger partial charge in [-0.3, -0.25) is 0 Å². The van der Waals surface area contributed by atoms with E-state index in [-0.39, 0.29) is 15.8 Å². The smallest absolute Gasteiger partial charge is 0.243 e. The van der Waals surface area contributed by atoms with Crippen LogP contribution in [0.2, 0.25) is 0 Å². The van der Waals surface area contributed by atoms with Crippen molar-refractivity contribution in [2.45, 2.75) is 49.9 Å². The average Bonchev–Trinajstić information content (AvgIpc) is 2.75. The third-order valence-corrected chi connectivity index (χ3v) is 9.41. The van der Waals surface area contributed by atoms with E-state index in [2.05, 4.69) is 35.6 Å². The molecule has 1 aliphatic heterocycles. The van der Waals surface area contributed by atoms with Gasteiger partial charge in [0.05, 0.1) is 9.79 Å². The predicted octanol–water partition coefficient (Wildman–Crippen LogP) is 2.89. The zero-order valence-corrected chi connectivity index (χ0v) is 20.1. The second-order valence-corrected chi connectivity index (χ2v) is 11.7. The van der Waals surface area contributed by atoms with Gasteiger partial charge in [-0.15, -0.1) is 0 Å². The van der Waals surface area contributed by atoms with Crippen LogP contribution in [0, 0.1) is 13.8 Å². The summed E-state index contributed by atoms with van der Waals surface area (Å²) in [5, 5.41) is 0. The van der Waals surface area contributed by atoms with Gasteiger partial charge in [0.2, 0.25) is 20.0 Å². The quantitative estimate of drug-likeness (QED) is 0.679. The molecule has 0 radical (unpaired) electrons. The second kappa shape index (κ2) is 9.28. The normalized spacial score (nSPS) is 17.0. The summed E-state index contributed by atoms with van der Waals surface area (Å²) < 4.78 is 55.0. The van der Waals surface area contributed by atoms with Crippen molar-refractivity contribution in [1.82, 2.24) is 9.03 Å². The van der Waals surface area contributed by atoms with Gasteiger partial charge in [0, 0.05) is 37.9 Å². The first kappa shape index (κ1) is 23.7. The Kier molecular flexibility index (Phi) is 7.10. The summed E-state index contributed by atoms with van der Waals surface area (Å²) in [6.07, 6.45) is 0.666. The Bertz CT molecular complexity index is 1120. The maximum absolute atomic E-state index is 13.1. The van der Waals surface area contributed by atoms with Crippen LogP contribution in [0.25, 0.3) is 0 Å². The number of hydrogen-bond acceptors (Lipinski definition) is 5. The van der Waals surface area contributed by atoms with E-state index in [9.17, 15) is 16.8 Å². The summed E-state index contributed by atoms with van der Waals surface area (Å²) in [4.78, 5) is 2.38. The van der Waals surface area contributed by atoms with E-state index in [1.165, 1.54) is 39.7 Å². The number of nitrogens with zero attached hydrogens (tertiary/aromatic N) is 2. The Morgan fingerprint density at radius 3 is 2.06 bits per heavy atom. The van der Waals surface area contributed by atoms with Crippen molar-refractivity contribution < 1.29 is 16.8 Å². The molecule has 1 atom stereocenters. The molecule has 1 heterocycles. The van der Waals surface area contributed by atoms with Gasteiger partial charge in [0.15, 0.2) is 0 Å². The van der Waals surface area contributed by atoms with Crippen molar-refractivity contribution in [1.29, 1.82) is 0 Å². The third kappa shape index (κ3) is 5.11. The Morgan fingerprint density at radius 2 is 1.48 bits per heavy atom. The van der Waals surface area contributed by atoms with Gasteiger partial charge in [0.1, 0.15) is 0 Å². The molecule has 0 unspecified atom stereocenters. The van der Waals surface area contributed by atoms with Gasteiger partial charge >= 0.3 is 0 Å². The van der Waals surface area contributed by atoms with E-state index in [1.54, 1.807) is 6.92 Å². The number of aryl methyl sites for hydroxylation is 1. The number of hydrogen-bond donors (Lipinski definition) is 1. The summed E-state index contributed by atoms with van der Waals surface area (Å²) in [5.74, 6) is 0. The van der Waals surface area contributed by atoms with E-state index in [1.807, 2.05) is 13.0 Å². The number of piperazine rings is 1. The first-order valence-electron chi connectivity index (χ1n) is 10.5. The van der Waals surface area contributed by atoms with Gasteiger partial charge in [-0.2, -0.15) is 4.31 Å².